The number of hydrogen-bond acceptors (Lipinski definition) is 10. The summed E-state index contributed by atoms with van der Waals surface area (Å²) in [6, 6.07) is 5.03. The first-order valence-electron chi connectivity index (χ1n) is 7.52. The number of carbonyl (C=O) groups excluding carboxylic acids is 2. The van der Waals surface area contributed by atoms with Crippen molar-refractivity contribution in [3.63, 3.8) is 0 Å². The summed E-state index contributed by atoms with van der Waals surface area (Å²) < 4.78 is 25.0. The maximum atomic E-state index is 11.4. The van der Waals surface area contributed by atoms with E-state index in [-0.39, 0.29) is 24.1 Å². The molecule has 1 unspecified atom stereocenters. The van der Waals surface area contributed by atoms with E-state index in [0.29, 0.717) is 17.1 Å². The van der Waals surface area contributed by atoms with Crippen molar-refractivity contribution in [1.82, 2.24) is 10.9 Å². The monoisotopic (exact) mass is 377 g/mol. The minimum atomic E-state index is -0.887. The second-order valence-corrected chi connectivity index (χ2v) is 5.10. The van der Waals surface area contributed by atoms with E-state index in [2.05, 4.69) is 30.5 Å². The first kappa shape index (κ1) is 18.0. The van der Waals surface area contributed by atoms with Crippen molar-refractivity contribution in [2.45, 2.75) is 6.10 Å². The summed E-state index contributed by atoms with van der Waals surface area (Å²) in [6.07, 6.45) is -2.56. The van der Waals surface area contributed by atoms with Crippen molar-refractivity contribution in [1.29, 1.82) is 5.41 Å². The van der Waals surface area contributed by atoms with Crippen LogP contribution in [0.25, 0.3) is 0 Å². The Morgan fingerprint density at radius 1 is 1.11 bits per heavy atom. The number of ether oxygens (including phenoxy) is 5. The Morgan fingerprint density at radius 3 is 2.48 bits per heavy atom. The summed E-state index contributed by atoms with van der Waals surface area (Å²) in [5.74, 6) is 0.708. The van der Waals surface area contributed by atoms with E-state index in [9.17, 15) is 9.59 Å². The lowest BCUT2D eigenvalue weighted by Crippen LogP contribution is -2.27. The molecule has 0 radical (unpaired) electrons. The molecule has 0 bridgehead atoms. The van der Waals surface area contributed by atoms with Crippen LogP contribution in [0.15, 0.2) is 28.4 Å². The van der Waals surface area contributed by atoms with Gasteiger partial charge >= 0.3 is 12.2 Å². The number of nitrogens with one attached hydrogen (secondary N) is 3. The predicted octanol–water partition coefficient (Wildman–Crippen LogP) is 0.888. The van der Waals surface area contributed by atoms with E-state index in [1.54, 1.807) is 18.2 Å². The predicted molar refractivity (Wildman–Crippen MR) is 90.1 cm³/mol. The molecular weight excluding hydrogens is 362 g/mol. The Labute approximate surface area is 152 Å². The highest BCUT2D eigenvalue weighted by molar-refractivity contribution is 6.69. The van der Waals surface area contributed by atoms with E-state index in [1.807, 2.05) is 0 Å². The average Bonchev–Trinajstić information content (AvgIpc) is 3.27. The first-order valence-corrected chi connectivity index (χ1v) is 7.52. The lowest BCUT2D eigenvalue weighted by Gasteiger charge is -2.11. The summed E-state index contributed by atoms with van der Waals surface area (Å²) in [7, 11) is 2.33. The minimum absolute atomic E-state index is 0.0701. The van der Waals surface area contributed by atoms with Crippen molar-refractivity contribution in [2.24, 2.45) is 10.2 Å². The number of benzene rings is 1. The minimum Gasteiger partial charge on any atom is -0.461 e. The molecular formula is C15H15N5O7. The molecule has 0 aliphatic carbocycles. The van der Waals surface area contributed by atoms with Gasteiger partial charge in [-0.15, -0.1) is 0 Å². The van der Waals surface area contributed by atoms with E-state index >= 15 is 0 Å². The molecule has 3 rings (SSSR count). The third kappa shape index (κ3) is 3.73. The highest BCUT2D eigenvalue weighted by Gasteiger charge is 2.38. The third-order valence-corrected chi connectivity index (χ3v) is 3.54. The van der Waals surface area contributed by atoms with Gasteiger partial charge < -0.3 is 23.7 Å². The van der Waals surface area contributed by atoms with Crippen LogP contribution in [0.2, 0.25) is 0 Å². The summed E-state index contributed by atoms with van der Waals surface area (Å²) >= 11 is 0. The van der Waals surface area contributed by atoms with Crippen LogP contribution >= 0.6 is 0 Å². The Morgan fingerprint density at radius 2 is 1.78 bits per heavy atom. The van der Waals surface area contributed by atoms with Crippen LogP contribution in [0.5, 0.6) is 11.5 Å². The van der Waals surface area contributed by atoms with Gasteiger partial charge in [0.1, 0.15) is 5.71 Å². The second-order valence-electron chi connectivity index (χ2n) is 5.10. The molecule has 142 valence electrons. The largest absolute Gasteiger partial charge is 0.461 e. The van der Waals surface area contributed by atoms with Gasteiger partial charge in [-0.3, -0.25) is 5.41 Å². The summed E-state index contributed by atoms with van der Waals surface area (Å²) in [5.41, 5.74) is 4.77. The van der Waals surface area contributed by atoms with Crippen molar-refractivity contribution >= 4 is 29.5 Å². The van der Waals surface area contributed by atoms with Crippen molar-refractivity contribution in [3.8, 4) is 11.5 Å². The molecule has 1 fully saturated rings. The van der Waals surface area contributed by atoms with Gasteiger partial charge in [0.25, 0.3) is 0 Å². The Balaban J connectivity index is 1.95. The zero-order chi connectivity index (χ0) is 19.4. The number of fused-ring (bicyclic) bond motifs is 1. The van der Waals surface area contributed by atoms with Gasteiger partial charge in [-0.1, -0.05) is 6.07 Å². The number of rotatable bonds is 3. The van der Waals surface area contributed by atoms with Gasteiger partial charge in [0, 0.05) is 5.56 Å². The molecule has 2 aliphatic heterocycles. The standard InChI is InChI=1S/C15H15N5O7/c1-23-14(21)19-17-10-11(18-20-15(22)24-2)13(16)27-12(10)7-3-4-8-9(5-7)26-6-25-8/h3-5,12,16H,6H2,1-2H3,(H,19,21)(H,20,22). The maximum absolute atomic E-state index is 11.4. The van der Waals surface area contributed by atoms with E-state index < -0.39 is 18.3 Å². The summed E-state index contributed by atoms with van der Waals surface area (Å²) in [6.45, 7) is 0.0979. The van der Waals surface area contributed by atoms with Crippen LogP contribution in [0.1, 0.15) is 11.7 Å². The van der Waals surface area contributed by atoms with Crippen LogP contribution < -0.4 is 20.3 Å². The van der Waals surface area contributed by atoms with Crippen LogP contribution in [0.4, 0.5) is 9.59 Å². The average molecular weight is 377 g/mol. The Kier molecular flexibility index (Phi) is 5.06. The summed E-state index contributed by atoms with van der Waals surface area (Å²) in [5, 5.41) is 15.7. The van der Waals surface area contributed by atoms with Gasteiger partial charge in [-0.05, 0) is 12.1 Å². The quantitative estimate of drug-likeness (QED) is 0.661. The fourth-order valence-corrected chi connectivity index (χ4v) is 2.29. The summed E-state index contributed by atoms with van der Waals surface area (Å²) in [4.78, 5) is 22.6. The van der Waals surface area contributed by atoms with E-state index in [0.717, 1.165) is 7.11 Å². The Bertz CT molecular complexity index is 851. The highest BCUT2D eigenvalue weighted by Crippen LogP contribution is 2.36. The molecule has 0 saturated carbocycles. The number of nitrogens with zero attached hydrogens (tertiary/aromatic N) is 2. The molecule has 27 heavy (non-hydrogen) atoms. The molecule has 2 heterocycles. The van der Waals surface area contributed by atoms with Crippen LogP contribution in [0.3, 0.4) is 0 Å². The number of carbonyl (C=O) groups is 2. The zero-order valence-electron chi connectivity index (χ0n) is 14.3. The van der Waals surface area contributed by atoms with E-state index in [1.165, 1.54) is 7.11 Å². The Hall–Kier alpha value is -3.83. The lowest BCUT2D eigenvalue weighted by molar-refractivity contribution is 0.170. The first-order chi connectivity index (χ1) is 13.0. The van der Waals surface area contributed by atoms with E-state index in [4.69, 9.17) is 19.6 Å². The van der Waals surface area contributed by atoms with Gasteiger partial charge in [0.15, 0.2) is 23.3 Å². The van der Waals surface area contributed by atoms with Crippen LogP contribution in [0, 0.1) is 5.41 Å². The number of hydrogen-bond donors (Lipinski definition) is 3. The molecule has 12 heteroatoms. The normalized spacial score (nSPS) is 20.4. The van der Waals surface area contributed by atoms with Crippen LogP contribution in [-0.4, -0.2) is 50.5 Å². The van der Waals surface area contributed by atoms with Gasteiger partial charge in [-0.2, -0.15) is 10.2 Å². The molecule has 0 aromatic heterocycles. The SMILES string of the molecule is COC(=O)NN=C1C(=N)OC(c2ccc3c(c2)OCO3)C1=NNC(=O)OC. The van der Waals surface area contributed by atoms with Crippen molar-refractivity contribution < 1.29 is 33.3 Å². The number of methoxy groups -OCH3 is 2. The smallest absolute Gasteiger partial charge is 0.427 e. The fourth-order valence-electron chi connectivity index (χ4n) is 2.29. The molecule has 2 amide bonds. The second kappa shape index (κ2) is 7.59. The van der Waals surface area contributed by atoms with Crippen molar-refractivity contribution in [2.75, 3.05) is 21.0 Å². The molecule has 3 N–H and O–H groups in total. The lowest BCUT2D eigenvalue weighted by atomic mass is 10.0. The van der Waals surface area contributed by atoms with Gasteiger partial charge in [0.05, 0.1) is 14.2 Å². The van der Waals surface area contributed by atoms with Crippen molar-refractivity contribution in [3.05, 3.63) is 23.8 Å². The molecule has 2 aliphatic rings. The number of hydrazone groups is 2. The third-order valence-electron chi connectivity index (χ3n) is 3.54. The van der Waals surface area contributed by atoms with Gasteiger partial charge in [-0.25, -0.2) is 20.4 Å². The topological polar surface area (TPSA) is 153 Å². The fraction of sp³-hybridized carbons (Fsp3) is 0.267. The number of amides is 2. The molecule has 1 atom stereocenters. The van der Waals surface area contributed by atoms with Gasteiger partial charge in [0.2, 0.25) is 12.7 Å². The molecule has 1 saturated heterocycles. The van der Waals surface area contributed by atoms with Crippen LogP contribution in [-0.2, 0) is 14.2 Å². The maximum Gasteiger partial charge on any atom is 0.427 e. The zero-order valence-corrected chi connectivity index (χ0v) is 14.3. The molecule has 1 aromatic carbocycles. The molecule has 12 nitrogen and oxygen atoms in total. The molecule has 0 spiro atoms. The molecule has 1 aromatic rings. The highest BCUT2D eigenvalue weighted by atomic mass is 16.7.